The topological polar surface area (TPSA) is 295 Å². The molecule has 0 saturated carbocycles. The van der Waals surface area contributed by atoms with Gasteiger partial charge in [0.2, 0.25) is 0 Å². The SMILES string of the molecule is COC(=O)COc1cc(OCC(=O)OC)c2cc1C(C)c1cc(c(OCC(=O)OC)cc1OCC(=O)OC)C(C)c1cc(c(OCC(=O)OC)cc1OCC(=O)OC)[C@H](C)c1cc(c(OCC(=O)OC)cc1OCC(=O)O)C2C. The molecule has 24 nitrogen and oxygen atoms in total. The van der Waals surface area contributed by atoms with Gasteiger partial charge >= 0.3 is 47.8 Å². The molecule has 1 aliphatic carbocycles. The van der Waals surface area contributed by atoms with Gasteiger partial charge in [0, 0.05) is 92.4 Å². The van der Waals surface area contributed by atoms with Gasteiger partial charge in [0.1, 0.15) is 46.0 Å². The highest BCUT2D eigenvalue weighted by molar-refractivity contribution is 5.75. The molecule has 4 atom stereocenters. The second kappa shape index (κ2) is 28.4. The van der Waals surface area contributed by atoms with E-state index < -0.39 is 124 Å². The molecule has 79 heavy (non-hydrogen) atoms. The molecular formula is C55H62O24. The fourth-order valence-electron chi connectivity index (χ4n) is 8.27. The van der Waals surface area contributed by atoms with Crippen LogP contribution in [-0.2, 0) is 71.5 Å². The van der Waals surface area contributed by atoms with Gasteiger partial charge in [-0.25, -0.2) is 38.4 Å². The van der Waals surface area contributed by atoms with Crippen molar-refractivity contribution in [3.63, 3.8) is 0 Å². The van der Waals surface area contributed by atoms with Crippen molar-refractivity contribution in [2.75, 3.05) is 103 Å². The van der Waals surface area contributed by atoms with Gasteiger partial charge < -0.3 is 76.2 Å². The predicted octanol–water partition coefficient (Wildman–Crippen LogP) is 4.93. The molecule has 1 aliphatic rings. The second-order valence-corrected chi connectivity index (χ2v) is 17.3. The first-order chi connectivity index (χ1) is 37.7. The maximum absolute atomic E-state index is 12.8. The van der Waals surface area contributed by atoms with E-state index in [0.717, 1.165) is 14.2 Å². The Morgan fingerprint density at radius 3 is 0.544 bits per heavy atom. The monoisotopic (exact) mass is 1110 g/mol. The lowest BCUT2D eigenvalue weighted by molar-refractivity contribution is -0.143. The Morgan fingerprint density at radius 2 is 0.418 bits per heavy atom. The number of carbonyl (C=O) groups excluding carboxylic acids is 7. The van der Waals surface area contributed by atoms with Crippen molar-refractivity contribution in [1.29, 1.82) is 0 Å². The van der Waals surface area contributed by atoms with Crippen molar-refractivity contribution in [2.24, 2.45) is 0 Å². The Kier molecular flexibility index (Phi) is 21.9. The van der Waals surface area contributed by atoms with Gasteiger partial charge in [-0.1, -0.05) is 27.7 Å². The molecule has 5 rings (SSSR count). The predicted molar refractivity (Wildman–Crippen MR) is 272 cm³/mol. The van der Waals surface area contributed by atoms with Crippen LogP contribution in [0.15, 0.2) is 48.5 Å². The molecule has 24 heteroatoms. The fraction of sp³-hybridized carbons (Fsp3) is 0.418. The number of benzene rings is 4. The highest BCUT2D eigenvalue weighted by Gasteiger charge is 2.33. The highest BCUT2D eigenvalue weighted by atomic mass is 16.6. The normalized spacial score (nSPS) is 15.1. The molecule has 0 aromatic heterocycles. The van der Waals surface area contributed by atoms with E-state index in [4.69, 9.17) is 71.1 Å². The number of fused-ring (bicyclic) bond motifs is 8. The lowest BCUT2D eigenvalue weighted by Gasteiger charge is -2.29. The number of carboxylic acids is 1. The Hall–Kier alpha value is -8.96. The third-order valence-electron chi connectivity index (χ3n) is 12.7. The summed E-state index contributed by atoms with van der Waals surface area (Å²) in [6, 6.07) is 12.4. The van der Waals surface area contributed by atoms with Crippen molar-refractivity contribution in [3.8, 4) is 46.0 Å². The van der Waals surface area contributed by atoms with Crippen molar-refractivity contribution in [1.82, 2.24) is 0 Å². The van der Waals surface area contributed by atoms with Gasteiger partial charge in [-0.05, 0) is 24.3 Å². The molecular weight excluding hydrogens is 1040 g/mol. The van der Waals surface area contributed by atoms with Crippen molar-refractivity contribution >= 4 is 47.8 Å². The zero-order valence-electron chi connectivity index (χ0n) is 45.4. The van der Waals surface area contributed by atoms with E-state index in [0.29, 0.717) is 44.5 Å². The number of aliphatic carboxylic acids is 1. The maximum Gasteiger partial charge on any atom is 0.343 e. The van der Waals surface area contributed by atoms with E-state index >= 15 is 0 Å². The summed E-state index contributed by atoms with van der Waals surface area (Å²) < 4.78 is 83.6. The van der Waals surface area contributed by atoms with E-state index in [2.05, 4.69) is 0 Å². The lowest BCUT2D eigenvalue weighted by Crippen LogP contribution is -2.19. The van der Waals surface area contributed by atoms with Crippen LogP contribution in [0.25, 0.3) is 0 Å². The van der Waals surface area contributed by atoms with Crippen LogP contribution in [0.3, 0.4) is 0 Å². The molecule has 0 radical (unpaired) electrons. The van der Waals surface area contributed by atoms with Crippen LogP contribution < -0.4 is 37.9 Å². The summed E-state index contributed by atoms with van der Waals surface area (Å²) in [5.41, 5.74) is 2.66. The number of rotatable bonds is 24. The van der Waals surface area contributed by atoms with Crippen LogP contribution in [0.4, 0.5) is 0 Å². The highest BCUT2D eigenvalue weighted by Crippen LogP contribution is 2.51. The number of esters is 7. The summed E-state index contributed by atoms with van der Waals surface area (Å²) in [4.78, 5) is 101. The molecule has 4 aromatic rings. The number of hydrogen-bond acceptors (Lipinski definition) is 23. The van der Waals surface area contributed by atoms with Gasteiger partial charge in [-0.15, -0.1) is 0 Å². The van der Waals surface area contributed by atoms with E-state index in [-0.39, 0.29) is 46.0 Å². The molecule has 0 aliphatic heterocycles. The van der Waals surface area contributed by atoms with Crippen LogP contribution in [0.2, 0.25) is 0 Å². The van der Waals surface area contributed by atoms with Crippen LogP contribution in [0.5, 0.6) is 46.0 Å². The Labute approximate surface area is 454 Å². The Morgan fingerprint density at radius 1 is 0.278 bits per heavy atom. The minimum atomic E-state index is -1.34. The molecule has 1 N–H and O–H groups in total. The first-order valence-corrected chi connectivity index (χ1v) is 24.2. The van der Waals surface area contributed by atoms with Crippen LogP contribution in [0, 0.1) is 0 Å². The van der Waals surface area contributed by atoms with Gasteiger partial charge in [0.15, 0.2) is 52.9 Å². The third kappa shape index (κ3) is 15.6. The summed E-state index contributed by atoms with van der Waals surface area (Å²) in [6.07, 6.45) is 0. The second-order valence-electron chi connectivity index (χ2n) is 17.3. The summed E-state index contributed by atoms with van der Waals surface area (Å²) >= 11 is 0. The number of carbonyl (C=O) groups is 8. The van der Waals surface area contributed by atoms with Gasteiger partial charge in [-0.3, -0.25) is 0 Å². The first kappa shape index (κ1) is 60.9. The molecule has 3 unspecified atom stereocenters. The molecule has 0 amide bonds. The Bertz CT molecular complexity index is 2890. The molecule has 0 fully saturated rings. The third-order valence-corrected chi connectivity index (χ3v) is 12.7. The van der Waals surface area contributed by atoms with Crippen molar-refractivity contribution in [2.45, 2.75) is 51.4 Å². The van der Waals surface area contributed by atoms with E-state index in [1.165, 1.54) is 59.8 Å². The summed E-state index contributed by atoms with van der Waals surface area (Å²) in [5, 5.41) is 9.93. The zero-order valence-corrected chi connectivity index (χ0v) is 45.4. The molecule has 4 aromatic carbocycles. The lowest BCUT2D eigenvalue weighted by atomic mass is 9.80. The molecule has 8 bridgehead atoms. The fourth-order valence-corrected chi connectivity index (χ4v) is 8.27. The number of hydrogen-bond donors (Lipinski definition) is 1. The average Bonchev–Trinajstić information content (AvgIpc) is 3.53. The van der Waals surface area contributed by atoms with Crippen LogP contribution >= 0.6 is 0 Å². The van der Waals surface area contributed by atoms with Gasteiger partial charge in [0.25, 0.3) is 0 Å². The molecule has 0 heterocycles. The number of ether oxygens (including phenoxy) is 15. The van der Waals surface area contributed by atoms with E-state index in [9.17, 15) is 43.5 Å². The summed E-state index contributed by atoms with van der Waals surface area (Å²) in [5.74, 6) is -10.1. The molecule has 0 saturated heterocycles. The van der Waals surface area contributed by atoms with Crippen LogP contribution in [-0.4, -0.2) is 155 Å². The van der Waals surface area contributed by atoms with Gasteiger partial charge in [-0.2, -0.15) is 0 Å². The van der Waals surface area contributed by atoms with E-state index in [1.807, 2.05) is 0 Å². The van der Waals surface area contributed by atoms with Crippen molar-refractivity contribution in [3.05, 3.63) is 93.0 Å². The summed E-state index contributed by atoms with van der Waals surface area (Å²) in [7, 11) is 8.16. The quantitative estimate of drug-likeness (QED) is 0.0718. The maximum atomic E-state index is 12.8. The Balaban J connectivity index is 2.07. The number of carboxylic acid groups (broad SMARTS) is 1. The van der Waals surface area contributed by atoms with Crippen LogP contribution in [0.1, 0.15) is 95.9 Å². The largest absolute Gasteiger partial charge is 0.481 e. The number of methoxy groups -OCH3 is 7. The van der Waals surface area contributed by atoms with E-state index in [1.54, 1.807) is 52.0 Å². The van der Waals surface area contributed by atoms with Crippen molar-refractivity contribution < 1.29 is 115 Å². The zero-order chi connectivity index (χ0) is 58.1. The minimum Gasteiger partial charge on any atom is -0.481 e. The molecule has 426 valence electrons. The molecule has 0 spiro atoms. The minimum absolute atomic E-state index is 0.00334. The standard InChI is InChI=1S/C55H62O24/c1-28-32-12-33(41(73-21-49(58)65-5)16-40(32)72-20-48(56)57)29(2)36-14-37(45(77-25-53(62)69-9)18-44(36)76-24-52(61)68-8)31(4)39-15-38(46(78-26-54(63)70-10)19-47(39)79-27-55(64)71-11)30(3)35-13-34(28)42(74-22-50(59)66-6)17-43(35)75-23-51(60)67-7/h12-19,28-31H,20-27H2,1-11H3,(H,56,57)/t28-,29?,30?,31?/m1/s1. The smallest absolute Gasteiger partial charge is 0.343 e. The van der Waals surface area contributed by atoms with Gasteiger partial charge in [0.05, 0.1) is 49.8 Å². The first-order valence-electron chi connectivity index (χ1n) is 24.2. The average molecular weight is 1110 g/mol. The summed E-state index contributed by atoms with van der Waals surface area (Å²) in [6.45, 7) is 1.80.